The molecule has 6 heteroatoms. The first-order valence-electron chi connectivity index (χ1n) is 6.11. The summed E-state index contributed by atoms with van der Waals surface area (Å²) in [7, 11) is 0. The van der Waals surface area contributed by atoms with Crippen LogP contribution in [0.1, 0.15) is 24.3 Å². The average molecular weight is 279 g/mol. The van der Waals surface area contributed by atoms with Crippen molar-refractivity contribution >= 4 is 33.3 Å². The molecule has 5 nitrogen and oxygen atoms in total. The Labute approximate surface area is 115 Å². The first-order chi connectivity index (χ1) is 8.91. The van der Waals surface area contributed by atoms with Gasteiger partial charge in [-0.2, -0.15) is 0 Å². The van der Waals surface area contributed by atoms with E-state index < -0.39 is 5.97 Å². The molecule has 19 heavy (non-hydrogen) atoms. The standard InChI is InChI=1S/C13H17N3O2S/c1-7(2)16(5-10(17)18)12-11-8(3)9(4)19-13(11)15-6-14-12/h6-7H,5H2,1-4H3,(H,17,18). The summed E-state index contributed by atoms with van der Waals surface area (Å²) >= 11 is 1.62. The van der Waals surface area contributed by atoms with Gasteiger partial charge in [-0.3, -0.25) is 4.79 Å². The van der Waals surface area contributed by atoms with Gasteiger partial charge in [-0.1, -0.05) is 0 Å². The van der Waals surface area contributed by atoms with Crippen molar-refractivity contribution in [1.82, 2.24) is 9.97 Å². The number of thiophene rings is 1. The van der Waals surface area contributed by atoms with E-state index in [1.165, 1.54) is 11.2 Å². The number of hydrogen-bond donors (Lipinski definition) is 1. The van der Waals surface area contributed by atoms with Gasteiger partial charge < -0.3 is 10.0 Å². The second kappa shape index (κ2) is 5.13. The zero-order valence-electron chi connectivity index (χ0n) is 11.5. The molecule has 0 atom stereocenters. The largest absolute Gasteiger partial charge is 0.480 e. The quantitative estimate of drug-likeness (QED) is 0.932. The summed E-state index contributed by atoms with van der Waals surface area (Å²) in [6.07, 6.45) is 1.50. The first-order valence-corrected chi connectivity index (χ1v) is 6.92. The van der Waals surface area contributed by atoms with E-state index in [-0.39, 0.29) is 12.6 Å². The van der Waals surface area contributed by atoms with Crippen LogP contribution in [0.4, 0.5) is 5.82 Å². The highest BCUT2D eigenvalue weighted by molar-refractivity contribution is 7.18. The van der Waals surface area contributed by atoms with Gasteiger partial charge in [0, 0.05) is 10.9 Å². The van der Waals surface area contributed by atoms with Crippen molar-refractivity contribution in [2.24, 2.45) is 0 Å². The highest BCUT2D eigenvalue weighted by Gasteiger charge is 2.21. The van der Waals surface area contributed by atoms with Crippen LogP contribution in [-0.2, 0) is 4.79 Å². The van der Waals surface area contributed by atoms with Crippen molar-refractivity contribution in [3.8, 4) is 0 Å². The highest BCUT2D eigenvalue weighted by atomic mass is 32.1. The third-order valence-electron chi connectivity index (χ3n) is 3.15. The van der Waals surface area contributed by atoms with E-state index in [1.54, 1.807) is 16.2 Å². The molecule has 2 heterocycles. The second-order valence-electron chi connectivity index (χ2n) is 4.78. The molecule has 1 N–H and O–H groups in total. The molecular weight excluding hydrogens is 262 g/mol. The molecule has 2 aromatic heterocycles. The molecule has 0 fully saturated rings. The maximum atomic E-state index is 11.0. The summed E-state index contributed by atoms with van der Waals surface area (Å²) in [5.74, 6) is -0.144. The molecule has 0 spiro atoms. The van der Waals surface area contributed by atoms with Gasteiger partial charge in [0.05, 0.1) is 5.39 Å². The van der Waals surface area contributed by atoms with Crippen LogP contribution in [-0.4, -0.2) is 33.6 Å². The van der Waals surface area contributed by atoms with Crippen LogP contribution in [0.2, 0.25) is 0 Å². The SMILES string of the molecule is Cc1sc2ncnc(N(CC(=O)O)C(C)C)c2c1C. The van der Waals surface area contributed by atoms with Crippen molar-refractivity contribution in [2.75, 3.05) is 11.4 Å². The van der Waals surface area contributed by atoms with Crippen LogP contribution >= 0.6 is 11.3 Å². The summed E-state index contributed by atoms with van der Waals surface area (Å²) < 4.78 is 0. The van der Waals surface area contributed by atoms with E-state index in [1.807, 2.05) is 27.7 Å². The fourth-order valence-corrected chi connectivity index (χ4v) is 3.02. The van der Waals surface area contributed by atoms with Gasteiger partial charge in [0.2, 0.25) is 0 Å². The van der Waals surface area contributed by atoms with Crippen LogP contribution < -0.4 is 4.90 Å². The first kappa shape index (κ1) is 13.7. The number of aromatic nitrogens is 2. The minimum absolute atomic E-state index is 0.0574. The molecular formula is C13H17N3O2S. The van der Waals surface area contributed by atoms with Crippen molar-refractivity contribution < 1.29 is 9.90 Å². The Morgan fingerprint density at radius 3 is 2.68 bits per heavy atom. The number of hydrogen-bond acceptors (Lipinski definition) is 5. The van der Waals surface area contributed by atoms with E-state index >= 15 is 0 Å². The summed E-state index contributed by atoms with van der Waals surface area (Å²) in [6, 6.07) is 0.0637. The van der Waals surface area contributed by atoms with Gasteiger partial charge in [-0.25, -0.2) is 9.97 Å². The van der Waals surface area contributed by atoms with Crippen molar-refractivity contribution in [3.05, 3.63) is 16.8 Å². The lowest BCUT2D eigenvalue weighted by atomic mass is 10.2. The number of carboxylic acids is 1. The van der Waals surface area contributed by atoms with Crippen molar-refractivity contribution in [1.29, 1.82) is 0 Å². The lowest BCUT2D eigenvalue weighted by molar-refractivity contribution is -0.135. The van der Waals surface area contributed by atoms with Gasteiger partial charge in [-0.15, -0.1) is 11.3 Å². The number of carbonyl (C=O) groups is 1. The van der Waals surface area contributed by atoms with Gasteiger partial charge in [0.25, 0.3) is 0 Å². The summed E-state index contributed by atoms with van der Waals surface area (Å²) in [5, 5.41) is 10.0. The average Bonchev–Trinajstić information content (AvgIpc) is 2.62. The van der Waals surface area contributed by atoms with Crippen LogP contribution in [0.15, 0.2) is 6.33 Å². The molecule has 0 aliphatic heterocycles. The number of aryl methyl sites for hydroxylation is 2. The molecule has 0 saturated carbocycles. The Kier molecular flexibility index (Phi) is 3.71. The number of carboxylic acid groups (broad SMARTS) is 1. The summed E-state index contributed by atoms with van der Waals surface area (Å²) in [5.41, 5.74) is 1.13. The number of anilines is 1. The van der Waals surface area contributed by atoms with E-state index in [0.29, 0.717) is 5.82 Å². The summed E-state index contributed by atoms with van der Waals surface area (Å²) in [4.78, 5) is 23.5. The normalized spacial score (nSPS) is 11.2. The van der Waals surface area contributed by atoms with E-state index in [9.17, 15) is 4.79 Å². The second-order valence-corrected chi connectivity index (χ2v) is 5.98. The highest BCUT2D eigenvalue weighted by Crippen LogP contribution is 2.34. The molecule has 0 bridgehead atoms. The third kappa shape index (κ3) is 2.53. The zero-order valence-corrected chi connectivity index (χ0v) is 12.3. The molecule has 0 saturated heterocycles. The van der Waals surface area contributed by atoms with Gasteiger partial charge in [-0.05, 0) is 33.3 Å². The third-order valence-corrected chi connectivity index (χ3v) is 4.26. The van der Waals surface area contributed by atoms with E-state index in [2.05, 4.69) is 9.97 Å². The smallest absolute Gasteiger partial charge is 0.323 e. The molecule has 2 aromatic rings. The number of aliphatic carboxylic acids is 1. The fourth-order valence-electron chi connectivity index (χ4n) is 2.03. The van der Waals surface area contributed by atoms with Crippen molar-refractivity contribution in [3.63, 3.8) is 0 Å². The Balaban J connectivity index is 2.62. The Morgan fingerprint density at radius 2 is 2.11 bits per heavy atom. The fraction of sp³-hybridized carbons (Fsp3) is 0.462. The lowest BCUT2D eigenvalue weighted by Crippen LogP contribution is -2.36. The monoisotopic (exact) mass is 279 g/mol. The number of fused-ring (bicyclic) bond motifs is 1. The Bertz CT molecular complexity index is 622. The van der Waals surface area contributed by atoms with E-state index in [0.717, 1.165) is 15.8 Å². The van der Waals surface area contributed by atoms with Crippen LogP contribution in [0, 0.1) is 13.8 Å². The minimum atomic E-state index is -0.856. The van der Waals surface area contributed by atoms with Gasteiger partial charge in [0.1, 0.15) is 23.5 Å². The maximum absolute atomic E-state index is 11.0. The van der Waals surface area contributed by atoms with Crippen LogP contribution in [0.25, 0.3) is 10.2 Å². The number of nitrogens with zero attached hydrogens (tertiary/aromatic N) is 3. The molecule has 102 valence electrons. The van der Waals surface area contributed by atoms with Crippen molar-refractivity contribution in [2.45, 2.75) is 33.7 Å². The minimum Gasteiger partial charge on any atom is -0.480 e. The van der Waals surface area contributed by atoms with Gasteiger partial charge >= 0.3 is 5.97 Å². The van der Waals surface area contributed by atoms with Gasteiger partial charge in [0.15, 0.2) is 0 Å². The number of rotatable bonds is 4. The molecule has 0 aliphatic carbocycles. The molecule has 2 rings (SSSR count). The van der Waals surface area contributed by atoms with Crippen LogP contribution in [0.3, 0.4) is 0 Å². The summed E-state index contributed by atoms with van der Waals surface area (Å²) in [6.45, 7) is 7.94. The predicted octanol–water partition coefficient (Wildman–Crippen LogP) is 2.61. The maximum Gasteiger partial charge on any atom is 0.323 e. The molecule has 0 radical (unpaired) electrons. The molecule has 0 aliphatic rings. The Morgan fingerprint density at radius 1 is 1.42 bits per heavy atom. The molecule has 0 unspecified atom stereocenters. The zero-order chi connectivity index (χ0) is 14.2. The van der Waals surface area contributed by atoms with Crippen LogP contribution in [0.5, 0.6) is 0 Å². The lowest BCUT2D eigenvalue weighted by Gasteiger charge is -2.26. The topological polar surface area (TPSA) is 66.3 Å². The predicted molar refractivity (Wildman–Crippen MR) is 77.0 cm³/mol. The Hall–Kier alpha value is -1.69. The van der Waals surface area contributed by atoms with E-state index in [4.69, 9.17) is 5.11 Å². The molecule has 0 amide bonds. The molecule has 0 aromatic carbocycles.